The molecule has 1 saturated heterocycles. The van der Waals surface area contributed by atoms with E-state index < -0.39 is 12.0 Å². The fourth-order valence-corrected chi connectivity index (χ4v) is 4.20. The van der Waals surface area contributed by atoms with Gasteiger partial charge in [0.05, 0.1) is 6.04 Å². The van der Waals surface area contributed by atoms with Crippen LogP contribution in [-0.2, 0) is 11.0 Å². The van der Waals surface area contributed by atoms with E-state index in [1.54, 1.807) is 18.2 Å². The number of benzene rings is 1. The predicted octanol–water partition coefficient (Wildman–Crippen LogP) is 4.53. The Balaban J connectivity index is 1.42. The number of amides is 1. The van der Waals surface area contributed by atoms with Gasteiger partial charge in [0, 0.05) is 24.0 Å². The summed E-state index contributed by atoms with van der Waals surface area (Å²) in [7, 11) is 0. The van der Waals surface area contributed by atoms with E-state index in [2.05, 4.69) is 20.6 Å². The van der Waals surface area contributed by atoms with E-state index in [9.17, 15) is 18.0 Å². The van der Waals surface area contributed by atoms with Crippen molar-refractivity contribution in [3.8, 4) is 0 Å². The highest BCUT2D eigenvalue weighted by molar-refractivity contribution is 6.30. The average molecular weight is 481 g/mol. The number of halogens is 4. The van der Waals surface area contributed by atoms with Crippen molar-refractivity contribution in [2.75, 3.05) is 18.0 Å². The van der Waals surface area contributed by atoms with Gasteiger partial charge in [-0.1, -0.05) is 37.6 Å². The van der Waals surface area contributed by atoms with Gasteiger partial charge in [-0.15, -0.1) is 15.3 Å². The molecule has 4 rings (SSSR count). The lowest BCUT2D eigenvalue weighted by atomic mass is 9.92. The van der Waals surface area contributed by atoms with Crippen molar-refractivity contribution in [3.63, 3.8) is 0 Å². The quantitative estimate of drug-likeness (QED) is 0.581. The summed E-state index contributed by atoms with van der Waals surface area (Å²) < 4.78 is 40.1. The smallest absolute Gasteiger partial charge is 0.355 e. The van der Waals surface area contributed by atoms with Crippen LogP contribution in [0.5, 0.6) is 0 Å². The third kappa shape index (κ3) is 5.05. The Morgan fingerprint density at radius 3 is 2.36 bits per heavy atom. The van der Waals surface area contributed by atoms with Crippen molar-refractivity contribution in [1.29, 1.82) is 0 Å². The third-order valence-corrected chi connectivity index (χ3v) is 6.14. The van der Waals surface area contributed by atoms with E-state index in [1.807, 2.05) is 30.9 Å². The number of carbonyl (C=O) groups excluding carboxylic acids is 1. The molecular formula is C22H24ClF3N6O. The third-order valence-electron chi connectivity index (χ3n) is 5.89. The first-order chi connectivity index (χ1) is 15.6. The van der Waals surface area contributed by atoms with Gasteiger partial charge in [-0.2, -0.15) is 17.7 Å². The molecule has 0 spiro atoms. The lowest BCUT2D eigenvalue weighted by molar-refractivity contribution is -0.146. The zero-order chi connectivity index (χ0) is 23.8. The Morgan fingerprint density at radius 1 is 1.09 bits per heavy atom. The largest absolute Gasteiger partial charge is 0.453 e. The highest BCUT2D eigenvalue weighted by atomic mass is 35.5. The standard InChI is InChI=1S/C22H24ClF3N6O/c1-13(2)19(14-3-5-16(23)6-4-14)27-20(33)15-9-11-31(12-10-15)18-8-7-17-28-29-21(22(24,25)26)32(17)30-18/h3-8,13,15,19H,9-12H2,1-2H3,(H,27,33)/t19-/m1/s1. The van der Waals surface area contributed by atoms with Crippen molar-refractivity contribution in [1.82, 2.24) is 25.1 Å². The van der Waals surface area contributed by atoms with E-state index in [0.29, 0.717) is 41.3 Å². The van der Waals surface area contributed by atoms with Gasteiger partial charge in [0.1, 0.15) is 5.82 Å². The number of nitrogens with zero attached hydrogens (tertiary/aromatic N) is 5. The minimum absolute atomic E-state index is 0.0233. The number of alkyl halides is 3. The number of fused-ring (bicyclic) bond motifs is 1. The van der Waals surface area contributed by atoms with Crippen LogP contribution in [0.3, 0.4) is 0 Å². The number of piperidine rings is 1. The normalized spacial score (nSPS) is 16.4. The molecule has 1 fully saturated rings. The summed E-state index contributed by atoms with van der Waals surface area (Å²) in [6, 6.07) is 10.4. The summed E-state index contributed by atoms with van der Waals surface area (Å²) in [5.74, 6) is -0.773. The summed E-state index contributed by atoms with van der Waals surface area (Å²) in [4.78, 5) is 14.9. The first kappa shape index (κ1) is 23.3. The van der Waals surface area contributed by atoms with Gasteiger partial charge in [0.25, 0.3) is 5.82 Å². The monoisotopic (exact) mass is 480 g/mol. The number of nitrogens with one attached hydrogen (secondary N) is 1. The maximum atomic E-state index is 13.1. The van der Waals surface area contributed by atoms with Gasteiger partial charge in [0.15, 0.2) is 5.65 Å². The fraction of sp³-hybridized carbons (Fsp3) is 0.455. The molecule has 0 aliphatic carbocycles. The van der Waals surface area contributed by atoms with Gasteiger partial charge in [0.2, 0.25) is 5.91 Å². The van der Waals surface area contributed by atoms with E-state index in [4.69, 9.17) is 11.6 Å². The lowest BCUT2D eigenvalue weighted by Crippen LogP contribution is -2.42. The zero-order valence-corrected chi connectivity index (χ0v) is 18.9. The van der Waals surface area contributed by atoms with Gasteiger partial charge in [-0.3, -0.25) is 4.79 Å². The first-order valence-corrected chi connectivity index (χ1v) is 11.1. The van der Waals surface area contributed by atoms with Gasteiger partial charge >= 0.3 is 6.18 Å². The molecule has 33 heavy (non-hydrogen) atoms. The van der Waals surface area contributed by atoms with Crippen molar-refractivity contribution < 1.29 is 18.0 Å². The van der Waals surface area contributed by atoms with Crippen LogP contribution in [0, 0.1) is 11.8 Å². The van der Waals surface area contributed by atoms with Crippen LogP contribution in [0.15, 0.2) is 36.4 Å². The lowest BCUT2D eigenvalue weighted by Gasteiger charge is -2.33. The van der Waals surface area contributed by atoms with Crippen LogP contribution < -0.4 is 10.2 Å². The van der Waals surface area contributed by atoms with E-state index in [0.717, 1.165) is 5.56 Å². The fourth-order valence-electron chi connectivity index (χ4n) is 4.07. The molecule has 2 aromatic heterocycles. The van der Waals surface area contributed by atoms with Crippen molar-refractivity contribution in [3.05, 3.63) is 52.8 Å². The van der Waals surface area contributed by atoms with Gasteiger partial charge in [-0.05, 0) is 48.6 Å². The molecule has 7 nitrogen and oxygen atoms in total. The summed E-state index contributed by atoms with van der Waals surface area (Å²) in [6.45, 7) is 5.11. The Kier molecular flexibility index (Phi) is 6.47. The minimum atomic E-state index is -4.65. The molecule has 1 aromatic carbocycles. The van der Waals surface area contributed by atoms with Crippen LogP contribution in [0.25, 0.3) is 5.65 Å². The molecule has 0 saturated carbocycles. The number of rotatable bonds is 5. The zero-order valence-electron chi connectivity index (χ0n) is 18.2. The van der Waals surface area contributed by atoms with Crippen LogP contribution >= 0.6 is 11.6 Å². The summed E-state index contributed by atoms with van der Waals surface area (Å²) >= 11 is 5.98. The topological polar surface area (TPSA) is 75.4 Å². The van der Waals surface area contributed by atoms with E-state index in [1.165, 1.54) is 6.07 Å². The molecule has 0 radical (unpaired) electrons. The number of hydrogen-bond acceptors (Lipinski definition) is 5. The van der Waals surface area contributed by atoms with Gasteiger partial charge < -0.3 is 10.2 Å². The number of anilines is 1. The second-order valence-electron chi connectivity index (χ2n) is 8.53. The summed E-state index contributed by atoms with van der Waals surface area (Å²) in [5, 5.41) is 14.6. The molecule has 1 amide bonds. The molecule has 1 atom stereocenters. The number of carbonyl (C=O) groups is 1. The SMILES string of the molecule is CC(C)[C@@H](NC(=O)C1CCN(c2ccc3nnc(C(F)(F)F)n3n2)CC1)c1ccc(Cl)cc1. The number of hydrogen-bond donors (Lipinski definition) is 1. The molecule has 11 heteroatoms. The Bertz CT molecular complexity index is 1120. The van der Waals surface area contributed by atoms with Gasteiger partial charge in [-0.25, -0.2) is 0 Å². The van der Waals surface area contributed by atoms with Crippen LogP contribution in [-0.4, -0.2) is 38.8 Å². The highest BCUT2D eigenvalue weighted by Gasteiger charge is 2.38. The molecule has 3 aromatic rings. The highest BCUT2D eigenvalue weighted by Crippen LogP contribution is 2.29. The van der Waals surface area contributed by atoms with Crippen LogP contribution in [0.2, 0.25) is 5.02 Å². The van der Waals surface area contributed by atoms with Crippen molar-refractivity contribution in [2.45, 2.75) is 38.9 Å². The molecule has 176 valence electrons. The van der Waals surface area contributed by atoms with Crippen molar-refractivity contribution in [2.24, 2.45) is 11.8 Å². The maximum absolute atomic E-state index is 13.1. The van der Waals surface area contributed by atoms with Crippen molar-refractivity contribution >= 4 is 29.0 Å². The van der Waals surface area contributed by atoms with E-state index >= 15 is 0 Å². The Hall–Kier alpha value is -2.88. The van der Waals surface area contributed by atoms with Crippen LogP contribution in [0.4, 0.5) is 19.0 Å². The number of aromatic nitrogens is 4. The summed E-state index contributed by atoms with van der Waals surface area (Å²) in [6.07, 6.45) is -3.50. The first-order valence-electron chi connectivity index (χ1n) is 10.7. The molecule has 1 N–H and O–H groups in total. The summed E-state index contributed by atoms with van der Waals surface area (Å²) in [5.41, 5.74) is 1.02. The predicted molar refractivity (Wildman–Crippen MR) is 118 cm³/mol. The van der Waals surface area contributed by atoms with Crippen LogP contribution in [0.1, 0.15) is 44.1 Å². The molecule has 1 aliphatic rings. The molecule has 0 bridgehead atoms. The van der Waals surface area contributed by atoms with E-state index in [-0.39, 0.29) is 29.4 Å². The maximum Gasteiger partial charge on any atom is 0.453 e. The Morgan fingerprint density at radius 2 is 1.76 bits per heavy atom. The average Bonchev–Trinajstić information content (AvgIpc) is 3.22. The molecule has 1 aliphatic heterocycles. The minimum Gasteiger partial charge on any atom is -0.355 e. The second kappa shape index (κ2) is 9.17. The molecule has 3 heterocycles. The second-order valence-corrected chi connectivity index (χ2v) is 8.96. The molecular weight excluding hydrogens is 457 g/mol. The Labute approximate surface area is 193 Å². The molecule has 0 unspecified atom stereocenters.